The van der Waals surface area contributed by atoms with Gasteiger partial charge in [-0.1, -0.05) is 6.92 Å². The number of hydrogen-bond acceptors (Lipinski definition) is 3. The van der Waals surface area contributed by atoms with E-state index in [1.807, 2.05) is 12.1 Å². The monoisotopic (exact) mass is 300 g/mol. The molecule has 3 unspecified atom stereocenters. The van der Waals surface area contributed by atoms with Gasteiger partial charge in [-0.3, -0.25) is 4.79 Å². The number of benzene rings is 1. The van der Waals surface area contributed by atoms with Gasteiger partial charge in [0.1, 0.15) is 5.78 Å². The zero-order chi connectivity index (χ0) is 15.5. The van der Waals surface area contributed by atoms with Crippen molar-refractivity contribution in [2.24, 2.45) is 17.3 Å². The molecule has 1 aromatic carbocycles. The van der Waals surface area contributed by atoms with Crippen LogP contribution in [0.3, 0.4) is 0 Å². The maximum atomic E-state index is 12.3. The van der Waals surface area contributed by atoms with Crippen LogP contribution in [0.5, 0.6) is 11.5 Å². The number of Topliss-reactive ketones (excluding diaryl/α,β-unsaturated/α-hetero) is 1. The van der Waals surface area contributed by atoms with Crippen molar-refractivity contribution < 1.29 is 14.6 Å². The number of aryl methyl sites for hydroxylation is 1. The topological polar surface area (TPSA) is 46.5 Å². The molecule has 0 saturated heterocycles. The van der Waals surface area contributed by atoms with Crippen LogP contribution in [-0.4, -0.2) is 18.0 Å². The molecule has 0 amide bonds. The Hall–Kier alpha value is -1.51. The molecular weight excluding hydrogens is 276 g/mol. The summed E-state index contributed by atoms with van der Waals surface area (Å²) >= 11 is 0. The van der Waals surface area contributed by atoms with Crippen molar-refractivity contribution in [3.63, 3.8) is 0 Å². The van der Waals surface area contributed by atoms with Gasteiger partial charge in [-0.05, 0) is 73.1 Å². The summed E-state index contributed by atoms with van der Waals surface area (Å²) in [4.78, 5) is 12.3. The minimum Gasteiger partial charge on any atom is -0.504 e. The van der Waals surface area contributed by atoms with Gasteiger partial charge in [0.2, 0.25) is 0 Å². The third-order valence-electron chi connectivity index (χ3n) is 6.73. The van der Waals surface area contributed by atoms with Gasteiger partial charge >= 0.3 is 0 Å². The molecule has 2 fully saturated rings. The Balaban J connectivity index is 1.74. The van der Waals surface area contributed by atoms with E-state index in [2.05, 4.69) is 6.92 Å². The first kappa shape index (κ1) is 14.1. The summed E-state index contributed by atoms with van der Waals surface area (Å²) in [6.07, 6.45) is 6.10. The minimum atomic E-state index is -0.0698. The Kier molecular flexibility index (Phi) is 3.04. The molecule has 0 aromatic heterocycles. The highest BCUT2D eigenvalue weighted by atomic mass is 16.5. The summed E-state index contributed by atoms with van der Waals surface area (Å²) in [5, 5.41) is 10.0. The maximum Gasteiger partial charge on any atom is 0.160 e. The maximum absolute atomic E-state index is 12.3. The molecule has 3 aliphatic rings. The molecule has 0 bridgehead atoms. The summed E-state index contributed by atoms with van der Waals surface area (Å²) in [5.74, 6) is 3.01. The standard InChI is InChI=1S/C19H24O3/c1-19-8-7-12-13(15(19)5-6-18(19)21)4-3-11-9-16(20)17(22-2)10-14(11)12/h9-10,12-13,15,20H,3-8H2,1-2H3/t12-,13?,15?,19?/m0/s1. The van der Waals surface area contributed by atoms with Crippen LogP contribution in [-0.2, 0) is 11.2 Å². The Morgan fingerprint density at radius 3 is 2.82 bits per heavy atom. The number of phenolic OH excluding ortho intramolecular Hbond substituents is 1. The number of ketones is 1. The number of rotatable bonds is 1. The Morgan fingerprint density at radius 1 is 1.23 bits per heavy atom. The third-order valence-corrected chi connectivity index (χ3v) is 6.73. The van der Waals surface area contributed by atoms with Gasteiger partial charge < -0.3 is 9.84 Å². The second kappa shape index (κ2) is 4.74. The molecule has 0 spiro atoms. The predicted octanol–water partition coefficient (Wildman–Crippen LogP) is 3.83. The van der Waals surface area contributed by atoms with Gasteiger partial charge in [0, 0.05) is 11.8 Å². The van der Waals surface area contributed by atoms with Gasteiger partial charge in [0.05, 0.1) is 7.11 Å². The zero-order valence-corrected chi connectivity index (χ0v) is 13.4. The highest BCUT2D eigenvalue weighted by Gasteiger charge is 2.54. The van der Waals surface area contributed by atoms with Crippen LogP contribution in [0.25, 0.3) is 0 Å². The predicted molar refractivity (Wildman–Crippen MR) is 84.3 cm³/mol. The molecular formula is C19H24O3. The second-order valence-electron chi connectivity index (χ2n) is 7.56. The van der Waals surface area contributed by atoms with Crippen molar-refractivity contribution in [3.05, 3.63) is 23.3 Å². The van der Waals surface area contributed by atoms with Gasteiger partial charge in [-0.25, -0.2) is 0 Å². The fraction of sp³-hybridized carbons (Fsp3) is 0.632. The first-order valence-corrected chi connectivity index (χ1v) is 8.47. The van der Waals surface area contributed by atoms with Crippen molar-refractivity contribution >= 4 is 5.78 Å². The van der Waals surface area contributed by atoms with Crippen LogP contribution in [0.2, 0.25) is 0 Å². The first-order chi connectivity index (χ1) is 10.5. The average Bonchev–Trinajstić information content (AvgIpc) is 2.82. The molecule has 4 rings (SSSR count). The number of hydrogen-bond donors (Lipinski definition) is 1. The number of carbonyl (C=O) groups excluding carboxylic acids is 1. The van der Waals surface area contributed by atoms with Crippen LogP contribution in [0.15, 0.2) is 12.1 Å². The molecule has 1 N–H and O–H groups in total. The highest BCUT2D eigenvalue weighted by molar-refractivity contribution is 5.87. The molecule has 4 atom stereocenters. The lowest BCUT2D eigenvalue weighted by atomic mass is 9.55. The number of methoxy groups -OCH3 is 1. The van der Waals surface area contributed by atoms with Gasteiger partial charge in [0.25, 0.3) is 0 Å². The number of fused-ring (bicyclic) bond motifs is 5. The smallest absolute Gasteiger partial charge is 0.160 e. The Morgan fingerprint density at radius 2 is 2.05 bits per heavy atom. The number of ether oxygens (including phenoxy) is 1. The van der Waals surface area contributed by atoms with Gasteiger partial charge in [-0.2, -0.15) is 0 Å². The van der Waals surface area contributed by atoms with Crippen molar-refractivity contribution in [3.8, 4) is 11.5 Å². The molecule has 118 valence electrons. The van der Waals surface area contributed by atoms with Crippen molar-refractivity contribution in [1.29, 1.82) is 0 Å². The van der Waals surface area contributed by atoms with E-state index in [9.17, 15) is 9.90 Å². The molecule has 22 heavy (non-hydrogen) atoms. The van der Waals surface area contributed by atoms with E-state index in [1.165, 1.54) is 11.1 Å². The van der Waals surface area contributed by atoms with Crippen LogP contribution >= 0.6 is 0 Å². The van der Waals surface area contributed by atoms with Crippen molar-refractivity contribution in [2.45, 2.75) is 51.4 Å². The van der Waals surface area contributed by atoms with Crippen LogP contribution in [0.1, 0.15) is 56.1 Å². The largest absolute Gasteiger partial charge is 0.504 e. The number of aromatic hydroxyl groups is 1. The molecule has 1 aromatic rings. The fourth-order valence-electron chi connectivity index (χ4n) is 5.52. The highest BCUT2D eigenvalue weighted by Crippen LogP contribution is 2.60. The van der Waals surface area contributed by atoms with Crippen molar-refractivity contribution in [2.75, 3.05) is 7.11 Å². The average molecular weight is 300 g/mol. The van der Waals surface area contributed by atoms with Gasteiger partial charge in [0.15, 0.2) is 11.5 Å². The normalized spacial score (nSPS) is 36.5. The van der Waals surface area contributed by atoms with Crippen LogP contribution in [0.4, 0.5) is 0 Å². The minimum absolute atomic E-state index is 0.0698. The number of phenols is 1. The molecule has 0 radical (unpaired) electrons. The van der Waals surface area contributed by atoms with Crippen molar-refractivity contribution in [1.82, 2.24) is 0 Å². The lowest BCUT2D eigenvalue weighted by Gasteiger charge is -2.48. The first-order valence-electron chi connectivity index (χ1n) is 8.47. The molecule has 0 heterocycles. The number of carbonyl (C=O) groups is 1. The Labute approximate surface area is 131 Å². The molecule has 3 nitrogen and oxygen atoms in total. The summed E-state index contributed by atoms with van der Waals surface area (Å²) in [6.45, 7) is 2.20. The van der Waals surface area contributed by atoms with Gasteiger partial charge in [-0.15, -0.1) is 0 Å². The lowest BCUT2D eigenvalue weighted by Crippen LogP contribution is -2.42. The van der Waals surface area contributed by atoms with Crippen LogP contribution < -0.4 is 4.74 Å². The van der Waals surface area contributed by atoms with E-state index >= 15 is 0 Å². The third kappa shape index (κ3) is 1.77. The van der Waals surface area contributed by atoms with E-state index in [4.69, 9.17) is 4.74 Å². The fourth-order valence-corrected chi connectivity index (χ4v) is 5.52. The lowest BCUT2D eigenvalue weighted by molar-refractivity contribution is -0.129. The summed E-state index contributed by atoms with van der Waals surface area (Å²) in [7, 11) is 1.61. The Bertz CT molecular complexity index is 636. The summed E-state index contributed by atoms with van der Waals surface area (Å²) < 4.78 is 5.31. The van der Waals surface area contributed by atoms with E-state index in [0.29, 0.717) is 29.3 Å². The molecule has 3 aliphatic carbocycles. The van der Waals surface area contributed by atoms with E-state index in [0.717, 1.165) is 38.5 Å². The second-order valence-corrected chi connectivity index (χ2v) is 7.56. The van der Waals surface area contributed by atoms with E-state index in [-0.39, 0.29) is 11.2 Å². The summed E-state index contributed by atoms with van der Waals surface area (Å²) in [5.41, 5.74) is 2.56. The quantitative estimate of drug-likeness (QED) is 0.857. The van der Waals surface area contributed by atoms with E-state index < -0.39 is 0 Å². The van der Waals surface area contributed by atoms with Crippen LogP contribution in [0, 0.1) is 17.3 Å². The molecule has 0 aliphatic heterocycles. The molecule has 2 saturated carbocycles. The van der Waals surface area contributed by atoms with E-state index in [1.54, 1.807) is 7.11 Å². The molecule has 3 heteroatoms. The SMILES string of the molecule is COc1cc2c(cc1O)CCC1C3CCC(=O)C3(C)CC[C@H]21. The zero-order valence-electron chi connectivity index (χ0n) is 13.4. The summed E-state index contributed by atoms with van der Waals surface area (Å²) in [6, 6.07) is 3.93.